The first-order chi connectivity index (χ1) is 9.31. The first-order valence-corrected chi connectivity index (χ1v) is 8.20. The van der Waals surface area contributed by atoms with Gasteiger partial charge in [-0.25, -0.2) is 4.79 Å². The Morgan fingerprint density at radius 3 is 2.16 bits per heavy atom. The molecule has 2 heteroatoms. The highest BCUT2D eigenvalue weighted by Crippen LogP contribution is 2.33. The summed E-state index contributed by atoms with van der Waals surface area (Å²) in [6, 6.07) is 0. The maximum atomic E-state index is 12.2. The molecule has 0 amide bonds. The Balaban J connectivity index is 2.07. The van der Waals surface area contributed by atoms with E-state index in [0.29, 0.717) is 18.4 Å². The SMILES string of the molecule is CCOC(=O)/C(=C/C1CCCCC1)C1CCCCC1. The largest absolute Gasteiger partial charge is 0.463 e. The van der Waals surface area contributed by atoms with E-state index in [1.807, 2.05) is 6.92 Å². The van der Waals surface area contributed by atoms with Gasteiger partial charge in [-0.2, -0.15) is 0 Å². The molecule has 0 N–H and O–H groups in total. The second-order valence-electron chi connectivity index (χ2n) is 6.08. The molecule has 0 spiro atoms. The molecular weight excluding hydrogens is 236 g/mol. The van der Waals surface area contributed by atoms with Crippen molar-refractivity contribution in [2.45, 2.75) is 71.1 Å². The molecular formula is C17H28O2. The Kier molecular flexibility index (Phi) is 5.93. The van der Waals surface area contributed by atoms with Crippen LogP contribution in [0, 0.1) is 11.8 Å². The van der Waals surface area contributed by atoms with E-state index in [2.05, 4.69) is 6.08 Å². The predicted octanol–water partition coefficient (Wildman–Crippen LogP) is 4.64. The molecule has 2 rings (SSSR count). The highest BCUT2D eigenvalue weighted by molar-refractivity contribution is 5.89. The van der Waals surface area contributed by atoms with Gasteiger partial charge in [0.1, 0.15) is 0 Å². The standard InChI is InChI=1S/C17H28O2/c1-2-19-17(18)16(15-11-7-4-8-12-15)13-14-9-5-3-6-10-14/h13-15H,2-12H2,1H3/b16-13+. The van der Waals surface area contributed by atoms with Gasteiger partial charge in [0.05, 0.1) is 6.61 Å². The summed E-state index contributed by atoms with van der Waals surface area (Å²) in [5.74, 6) is 1.05. The molecule has 0 saturated heterocycles. The van der Waals surface area contributed by atoms with Gasteiger partial charge in [-0.05, 0) is 44.4 Å². The molecule has 2 nitrogen and oxygen atoms in total. The molecule has 2 fully saturated rings. The van der Waals surface area contributed by atoms with Crippen LogP contribution in [0.5, 0.6) is 0 Å². The van der Waals surface area contributed by atoms with Gasteiger partial charge < -0.3 is 4.74 Å². The van der Waals surface area contributed by atoms with E-state index in [1.54, 1.807) is 0 Å². The fourth-order valence-corrected chi connectivity index (χ4v) is 3.55. The third-order valence-electron chi connectivity index (χ3n) is 4.62. The molecule has 2 saturated carbocycles. The summed E-state index contributed by atoms with van der Waals surface area (Å²) < 4.78 is 5.29. The summed E-state index contributed by atoms with van der Waals surface area (Å²) in [5, 5.41) is 0. The minimum Gasteiger partial charge on any atom is -0.463 e. The zero-order valence-corrected chi connectivity index (χ0v) is 12.3. The molecule has 0 heterocycles. The molecule has 108 valence electrons. The summed E-state index contributed by atoms with van der Waals surface area (Å²) in [4.78, 5) is 12.2. The van der Waals surface area contributed by atoms with E-state index in [-0.39, 0.29) is 5.97 Å². The van der Waals surface area contributed by atoms with Crippen molar-refractivity contribution in [2.75, 3.05) is 6.61 Å². The summed E-state index contributed by atoms with van der Waals surface area (Å²) in [6.07, 6.45) is 15.0. The summed E-state index contributed by atoms with van der Waals surface area (Å²) >= 11 is 0. The van der Waals surface area contributed by atoms with E-state index >= 15 is 0 Å². The molecule has 2 aliphatic rings. The summed E-state index contributed by atoms with van der Waals surface area (Å²) in [7, 11) is 0. The maximum Gasteiger partial charge on any atom is 0.333 e. The van der Waals surface area contributed by atoms with Crippen LogP contribution in [0.2, 0.25) is 0 Å². The number of carbonyl (C=O) groups excluding carboxylic acids is 1. The molecule has 0 unspecified atom stereocenters. The number of esters is 1. The lowest BCUT2D eigenvalue weighted by Gasteiger charge is -2.26. The molecule has 0 bridgehead atoms. The van der Waals surface area contributed by atoms with E-state index in [0.717, 1.165) is 5.57 Å². The van der Waals surface area contributed by atoms with E-state index in [9.17, 15) is 4.79 Å². The van der Waals surface area contributed by atoms with Gasteiger partial charge in [0.2, 0.25) is 0 Å². The Labute approximate surface area is 117 Å². The Hall–Kier alpha value is -0.790. The first kappa shape index (κ1) is 14.6. The minimum atomic E-state index is -0.0417. The van der Waals surface area contributed by atoms with Crippen molar-refractivity contribution in [2.24, 2.45) is 11.8 Å². The van der Waals surface area contributed by atoms with Gasteiger partial charge in [-0.1, -0.05) is 44.6 Å². The summed E-state index contributed by atoms with van der Waals surface area (Å²) in [6.45, 7) is 2.39. The third-order valence-corrected chi connectivity index (χ3v) is 4.62. The van der Waals surface area contributed by atoms with Crippen LogP contribution in [-0.4, -0.2) is 12.6 Å². The molecule has 0 radical (unpaired) electrons. The van der Waals surface area contributed by atoms with Crippen molar-refractivity contribution in [3.63, 3.8) is 0 Å². The van der Waals surface area contributed by atoms with Crippen molar-refractivity contribution < 1.29 is 9.53 Å². The second-order valence-corrected chi connectivity index (χ2v) is 6.08. The van der Waals surface area contributed by atoms with Crippen molar-refractivity contribution in [3.05, 3.63) is 11.6 Å². The van der Waals surface area contributed by atoms with Crippen molar-refractivity contribution >= 4 is 5.97 Å². The molecule has 0 atom stereocenters. The molecule has 0 aromatic carbocycles. The molecule has 0 aliphatic heterocycles. The number of rotatable bonds is 4. The van der Waals surface area contributed by atoms with Crippen LogP contribution in [0.4, 0.5) is 0 Å². The van der Waals surface area contributed by atoms with E-state index in [4.69, 9.17) is 4.74 Å². The van der Waals surface area contributed by atoms with E-state index in [1.165, 1.54) is 64.2 Å². The Morgan fingerprint density at radius 1 is 1.00 bits per heavy atom. The van der Waals surface area contributed by atoms with Crippen molar-refractivity contribution in [3.8, 4) is 0 Å². The monoisotopic (exact) mass is 264 g/mol. The molecule has 0 aromatic heterocycles. The van der Waals surface area contributed by atoms with Crippen LogP contribution in [0.1, 0.15) is 71.1 Å². The predicted molar refractivity (Wildman–Crippen MR) is 77.9 cm³/mol. The lowest BCUT2D eigenvalue weighted by molar-refractivity contribution is -0.139. The first-order valence-electron chi connectivity index (χ1n) is 8.20. The van der Waals surface area contributed by atoms with Gasteiger partial charge in [0.15, 0.2) is 0 Å². The molecule has 2 aliphatic carbocycles. The van der Waals surface area contributed by atoms with Crippen LogP contribution in [0.25, 0.3) is 0 Å². The Bertz CT molecular complexity index is 307. The van der Waals surface area contributed by atoms with Gasteiger partial charge in [0, 0.05) is 5.57 Å². The second kappa shape index (κ2) is 7.72. The van der Waals surface area contributed by atoms with Gasteiger partial charge >= 0.3 is 5.97 Å². The lowest BCUT2D eigenvalue weighted by Crippen LogP contribution is -2.20. The zero-order chi connectivity index (χ0) is 13.5. The highest BCUT2D eigenvalue weighted by Gasteiger charge is 2.25. The molecule has 0 aromatic rings. The number of allylic oxidation sites excluding steroid dienone is 1. The number of hydrogen-bond donors (Lipinski definition) is 0. The van der Waals surface area contributed by atoms with Crippen LogP contribution >= 0.6 is 0 Å². The number of hydrogen-bond acceptors (Lipinski definition) is 2. The zero-order valence-electron chi connectivity index (χ0n) is 12.3. The lowest BCUT2D eigenvalue weighted by atomic mass is 9.80. The fourth-order valence-electron chi connectivity index (χ4n) is 3.55. The Morgan fingerprint density at radius 2 is 1.58 bits per heavy atom. The topological polar surface area (TPSA) is 26.3 Å². The quantitative estimate of drug-likeness (QED) is 0.546. The number of carbonyl (C=O) groups is 1. The smallest absolute Gasteiger partial charge is 0.333 e. The average molecular weight is 264 g/mol. The third kappa shape index (κ3) is 4.36. The highest BCUT2D eigenvalue weighted by atomic mass is 16.5. The average Bonchev–Trinajstić information content (AvgIpc) is 2.47. The van der Waals surface area contributed by atoms with Crippen LogP contribution < -0.4 is 0 Å². The summed E-state index contributed by atoms with van der Waals surface area (Å²) in [5.41, 5.74) is 1.01. The van der Waals surface area contributed by atoms with Crippen LogP contribution in [0.3, 0.4) is 0 Å². The number of ether oxygens (including phenoxy) is 1. The van der Waals surface area contributed by atoms with Crippen LogP contribution in [-0.2, 0) is 9.53 Å². The normalized spacial score (nSPS) is 23.3. The molecule has 19 heavy (non-hydrogen) atoms. The van der Waals surface area contributed by atoms with E-state index < -0.39 is 0 Å². The van der Waals surface area contributed by atoms with Gasteiger partial charge in [-0.15, -0.1) is 0 Å². The fraction of sp³-hybridized carbons (Fsp3) is 0.824. The van der Waals surface area contributed by atoms with Crippen LogP contribution in [0.15, 0.2) is 11.6 Å². The minimum absolute atomic E-state index is 0.0417. The van der Waals surface area contributed by atoms with Crippen molar-refractivity contribution in [1.82, 2.24) is 0 Å². The van der Waals surface area contributed by atoms with Crippen molar-refractivity contribution in [1.29, 1.82) is 0 Å². The maximum absolute atomic E-state index is 12.2. The van der Waals surface area contributed by atoms with Gasteiger partial charge in [0.25, 0.3) is 0 Å². The van der Waals surface area contributed by atoms with Gasteiger partial charge in [-0.3, -0.25) is 0 Å².